The van der Waals surface area contributed by atoms with Crippen LogP contribution in [0.4, 0.5) is 0 Å². The second-order valence-electron chi connectivity index (χ2n) is 2.99. The van der Waals surface area contributed by atoms with Crippen LogP contribution < -0.4 is 0 Å². The fraction of sp³-hybridized carbons (Fsp3) is 0.0909. The Balaban J connectivity index is 2.38. The number of aromatic nitrogens is 1. The molecule has 1 aromatic carbocycles. The van der Waals surface area contributed by atoms with Crippen LogP contribution in [0.25, 0.3) is 11.3 Å². The highest BCUT2D eigenvalue weighted by atomic mass is 16.3. The van der Waals surface area contributed by atoms with Gasteiger partial charge in [-0.05, 0) is 0 Å². The number of nitrogens with zero attached hydrogens (tertiary/aromatic N) is 1. The highest BCUT2D eigenvalue weighted by Crippen LogP contribution is 2.18. The zero-order valence-corrected chi connectivity index (χ0v) is 7.73. The number of rotatable bonds is 2. The molecule has 3 nitrogen and oxygen atoms in total. The molecule has 0 radical (unpaired) electrons. The molecule has 0 unspecified atom stereocenters. The van der Waals surface area contributed by atoms with E-state index in [1.54, 1.807) is 25.3 Å². The van der Waals surface area contributed by atoms with Crippen LogP contribution in [0.5, 0.6) is 0 Å². The second kappa shape index (κ2) is 3.46. The smallest absolute Gasteiger partial charge is 0.191 e. The van der Waals surface area contributed by atoms with E-state index in [1.165, 1.54) is 0 Å². The highest BCUT2D eigenvalue weighted by Gasteiger charge is 2.02. The molecule has 2 aromatic rings. The first-order valence-corrected chi connectivity index (χ1v) is 4.27. The molecule has 0 N–H and O–H groups in total. The topological polar surface area (TPSA) is 43.1 Å². The molecule has 1 aromatic heterocycles. The van der Waals surface area contributed by atoms with Gasteiger partial charge in [-0.1, -0.05) is 24.3 Å². The average Bonchev–Trinajstić information content (AvgIpc) is 2.65. The Morgan fingerprint density at radius 2 is 2.00 bits per heavy atom. The van der Waals surface area contributed by atoms with Crippen LogP contribution in [0.1, 0.15) is 16.2 Å². The summed E-state index contributed by atoms with van der Waals surface area (Å²) < 4.78 is 5.09. The van der Waals surface area contributed by atoms with Crippen LogP contribution in [0.3, 0.4) is 0 Å². The van der Waals surface area contributed by atoms with E-state index in [2.05, 4.69) is 4.98 Å². The van der Waals surface area contributed by atoms with E-state index in [0.717, 1.165) is 17.5 Å². The third-order valence-electron chi connectivity index (χ3n) is 1.96. The Morgan fingerprint density at radius 3 is 2.50 bits per heavy atom. The summed E-state index contributed by atoms with van der Waals surface area (Å²) in [6.07, 6.45) is 2.42. The van der Waals surface area contributed by atoms with Crippen LogP contribution in [0, 0.1) is 6.92 Å². The van der Waals surface area contributed by atoms with Crippen molar-refractivity contribution in [3.8, 4) is 11.3 Å². The predicted octanol–water partition coefficient (Wildman–Crippen LogP) is 2.46. The van der Waals surface area contributed by atoms with Gasteiger partial charge in [0, 0.05) is 18.1 Å². The molecule has 14 heavy (non-hydrogen) atoms. The Morgan fingerprint density at radius 1 is 1.29 bits per heavy atom. The van der Waals surface area contributed by atoms with Crippen molar-refractivity contribution in [3.63, 3.8) is 0 Å². The molecule has 0 fully saturated rings. The van der Waals surface area contributed by atoms with E-state index in [4.69, 9.17) is 4.42 Å². The summed E-state index contributed by atoms with van der Waals surface area (Å²) in [4.78, 5) is 14.6. The maximum Gasteiger partial charge on any atom is 0.191 e. The van der Waals surface area contributed by atoms with Crippen molar-refractivity contribution in [1.82, 2.24) is 4.98 Å². The van der Waals surface area contributed by atoms with Crippen molar-refractivity contribution in [3.05, 3.63) is 42.0 Å². The summed E-state index contributed by atoms with van der Waals surface area (Å²) in [5.74, 6) is 0.638. The molecule has 0 atom stereocenters. The van der Waals surface area contributed by atoms with Gasteiger partial charge in [0.25, 0.3) is 0 Å². The number of carbonyl (C=O) groups is 1. The molecule has 0 aliphatic rings. The lowest BCUT2D eigenvalue weighted by molar-refractivity contribution is 0.112. The molecule has 0 aliphatic heterocycles. The third-order valence-corrected chi connectivity index (χ3v) is 1.96. The standard InChI is InChI=1S/C11H9NO2/c1-8-12-11(7-14-8)10-4-2-9(6-13)3-5-10/h2-7H,1H3. The number of hydrogen-bond acceptors (Lipinski definition) is 3. The fourth-order valence-electron chi connectivity index (χ4n) is 1.23. The fourth-order valence-corrected chi connectivity index (χ4v) is 1.23. The van der Waals surface area contributed by atoms with Gasteiger partial charge in [0.15, 0.2) is 5.89 Å². The lowest BCUT2D eigenvalue weighted by Gasteiger charge is -1.94. The molecule has 0 saturated carbocycles. The molecule has 2 rings (SSSR count). The van der Waals surface area contributed by atoms with E-state index in [-0.39, 0.29) is 0 Å². The van der Waals surface area contributed by atoms with Crippen LogP contribution in [0.15, 0.2) is 34.9 Å². The maximum atomic E-state index is 10.4. The normalized spacial score (nSPS) is 10.1. The zero-order valence-electron chi connectivity index (χ0n) is 7.73. The van der Waals surface area contributed by atoms with Crippen LogP contribution in [0.2, 0.25) is 0 Å². The van der Waals surface area contributed by atoms with Crippen molar-refractivity contribution in [2.24, 2.45) is 0 Å². The Bertz CT molecular complexity index is 443. The molecule has 0 amide bonds. The number of hydrogen-bond donors (Lipinski definition) is 0. The van der Waals surface area contributed by atoms with Crippen molar-refractivity contribution < 1.29 is 9.21 Å². The van der Waals surface area contributed by atoms with Crippen LogP contribution >= 0.6 is 0 Å². The Labute approximate surface area is 81.4 Å². The minimum atomic E-state index is 0.638. The predicted molar refractivity (Wildman–Crippen MR) is 52.1 cm³/mol. The summed E-state index contributed by atoms with van der Waals surface area (Å²) in [7, 11) is 0. The van der Waals surface area contributed by atoms with Gasteiger partial charge in [-0.25, -0.2) is 4.98 Å². The van der Waals surface area contributed by atoms with E-state index >= 15 is 0 Å². The van der Waals surface area contributed by atoms with E-state index in [0.29, 0.717) is 11.5 Å². The van der Waals surface area contributed by atoms with E-state index < -0.39 is 0 Å². The summed E-state index contributed by atoms with van der Waals surface area (Å²) in [6, 6.07) is 7.21. The number of oxazole rings is 1. The van der Waals surface area contributed by atoms with E-state index in [9.17, 15) is 4.79 Å². The lowest BCUT2D eigenvalue weighted by Crippen LogP contribution is -1.81. The third kappa shape index (κ3) is 1.57. The highest BCUT2D eigenvalue weighted by molar-refractivity contribution is 5.76. The Hall–Kier alpha value is -1.90. The molecule has 1 heterocycles. The molecule has 0 saturated heterocycles. The molecular weight excluding hydrogens is 178 g/mol. The molecule has 70 valence electrons. The zero-order chi connectivity index (χ0) is 9.97. The SMILES string of the molecule is Cc1nc(-c2ccc(C=O)cc2)co1. The molecule has 0 spiro atoms. The maximum absolute atomic E-state index is 10.4. The number of carbonyl (C=O) groups excluding carboxylic acids is 1. The summed E-state index contributed by atoms with van der Waals surface area (Å²) in [5, 5.41) is 0. The molecular formula is C11H9NO2. The molecule has 0 aliphatic carbocycles. The van der Waals surface area contributed by atoms with Crippen molar-refractivity contribution in [1.29, 1.82) is 0 Å². The van der Waals surface area contributed by atoms with Crippen LogP contribution in [-0.4, -0.2) is 11.3 Å². The van der Waals surface area contributed by atoms with Gasteiger partial charge in [-0.2, -0.15) is 0 Å². The first-order chi connectivity index (χ1) is 6.79. The summed E-state index contributed by atoms with van der Waals surface area (Å²) in [6.45, 7) is 1.79. The van der Waals surface area contributed by atoms with Gasteiger partial charge in [0.05, 0.1) is 0 Å². The number of aryl methyl sites for hydroxylation is 1. The quantitative estimate of drug-likeness (QED) is 0.678. The van der Waals surface area contributed by atoms with Gasteiger partial charge in [-0.15, -0.1) is 0 Å². The van der Waals surface area contributed by atoms with Gasteiger partial charge >= 0.3 is 0 Å². The van der Waals surface area contributed by atoms with Crippen molar-refractivity contribution >= 4 is 6.29 Å². The van der Waals surface area contributed by atoms with Crippen molar-refractivity contribution in [2.75, 3.05) is 0 Å². The number of aldehydes is 1. The average molecular weight is 187 g/mol. The minimum absolute atomic E-state index is 0.638. The first-order valence-electron chi connectivity index (χ1n) is 4.27. The van der Waals surface area contributed by atoms with Crippen molar-refractivity contribution in [2.45, 2.75) is 6.92 Å². The van der Waals surface area contributed by atoms with Crippen LogP contribution in [-0.2, 0) is 0 Å². The first kappa shape index (κ1) is 8.69. The van der Waals surface area contributed by atoms with Gasteiger partial charge in [-0.3, -0.25) is 4.79 Å². The largest absolute Gasteiger partial charge is 0.449 e. The minimum Gasteiger partial charge on any atom is -0.449 e. The lowest BCUT2D eigenvalue weighted by atomic mass is 10.1. The summed E-state index contributed by atoms with van der Waals surface area (Å²) >= 11 is 0. The second-order valence-corrected chi connectivity index (χ2v) is 2.99. The number of benzene rings is 1. The van der Waals surface area contributed by atoms with Gasteiger partial charge < -0.3 is 4.42 Å². The van der Waals surface area contributed by atoms with E-state index in [1.807, 2.05) is 12.1 Å². The summed E-state index contributed by atoms with van der Waals surface area (Å²) in [5.41, 5.74) is 2.40. The monoisotopic (exact) mass is 187 g/mol. The van der Waals surface area contributed by atoms with Gasteiger partial charge in [0.1, 0.15) is 18.2 Å². The molecule has 0 bridgehead atoms. The Kier molecular flexibility index (Phi) is 2.14. The molecule has 3 heteroatoms. The van der Waals surface area contributed by atoms with Gasteiger partial charge in [0.2, 0.25) is 0 Å².